The molecular formula is C13H21NO2. The molecule has 90 valence electrons. The van der Waals surface area contributed by atoms with E-state index in [-0.39, 0.29) is 17.9 Å². The summed E-state index contributed by atoms with van der Waals surface area (Å²) < 4.78 is 0. The smallest absolute Gasteiger partial charge is 0.225 e. The first-order valence-corrected chi connectivity index (χ1v) is 6.42. The van der Waals surface area contributed by atoms with Gasteiger partial charge in [-0.3, -0.25) is 4.79 Å². The molecule has 3 nitrogen and oxygen atoms in total. The Balaban J connectivity index is 2.18. The molecule has 2 fully saturated rings. The molecule has 0 aromatic carbocycles. The first-order valence-electron chi connectivity index (χ1n) is 6.42. The minimum absolute atomic E-state index is 0.00289. The fraction of sp³-hybridized carbons (Fsp3) is 0.846. The first kappa shape index (κ1) is 11.6. The highest BCUT2D eigenvalue weighted by Gasteiger charge is 2.44. The summed E-state index contributed by atoms with van der Waals surface area (Å²) in [4.78, 5) is 25.1. The van der Waals surface area contributed by atoms with Crippen molar-refractivity contribution in [3.63, 3.8) is 0 Å². The van der Waals surface area contributed by atoms with Gasteiger partial charge in [0.2, 0.25) is 5.91 Å². The van der Waals surface area contributed by atoms with E-state index < -0.39 is 0 Å². The highest BCUT2D eigenvalue weighted by atomic mass is 16.2. The van der Waals surface area contributed by atoms with Crippen molar-refractivity contribution >= 4 is 12.2 Å². The van der Waals surface area contributed by atoms with E-state index >= 15 is 0 Å². The average Bonchev–Trinajstić information content (AvgIpc) is 2.66. The maximum absolute atomic E-state index is 12.1. The zero-order chi connectivity index (χ0) is 11.7. The van der Waals surface area contributed by atoms with E-state index in [1.807, 2.05) is 18.7 Å². The van der Waals surface area contributed by atoms with Gasteiger partial charge in [-0.1, -0.05) is 26.7 Å². The number of amides is 1. The zero-order valence-electron chi connectivity index (χ0n) is 10.2. The number of hydrogen-bond donors (Lipinski definition) is 0. The second-order valence-electron chi connectivity index (χ2n) is 5.45. The standard InChI is InChI=1S/C13H21NO2/c1-9(2)13(16)14-11(8-15)7-10-5-3-4-6-12(10)14/h8-12H,3-7H2,1-2H3/t10-,11-,12-/m0/s1. The SMILES string of the molecule is CC(C)C(=O)N1[C@H](C=O)C[C@@H]2CCCC[C@@H]21. The van der Waals surface area contributed by atoms with Crippen LogP contribution in [0.15, 0.2) is 0 Å². The second-order valence-corrected chi connectivity index (χ2v) is 5.45. The molecule has 1 aliphatic carbocycles. The van der Waals surface area contributed by atoms with E-state index in [1.54, 1.807) is 0 Å². The number of rotatable bonds is 2. The van der Waals surface area contributed by atoms with Crippen molar-refractivity contribution in [2.45, 2.75) is 58.0 Å². The highest BCUT2D eigenvalue weighted by Crippen LogP contribution is 2.39. The van der Waals surface area contributed by atoms with Crippen molar-refractivity contribution in [3.05, 3.63) is 0 Å². The second kappa shape index (κ2) is 4.56. The van der Waals surface area contributed by atoms with Crippen LogP contribution in [-0.4, -0.2) is 29.2 Å². The average molecular weight is 223 g/mol. The summed E-state index contributed by atoms with van der Waals surface area (Å²) in [6.45, 7) is 3.83. The molecule has 0 radical (unpaired) electrons. The van der Waals surface area contributed by atoms with Crippen LogP contribution >= 0.6 is 0 Å². The van der Waals surface area contributed by atoms with Gasteiger partial charge >= 0.3 is 0 Å². The molecular weight excluding hydrogens is 202 g/mol. The monoisotopic (exact) mass is 223 g/mol. The normalized spacial score (nSPS) is 33.9. The van der Waals surface area contributed by atoms with Crippen molar-refractivity contribution in [1.82, 2.24) is 4.90 Å². The minimum Gasteiger partial charge on any atom is -0.329 e. The molecule has 0 unspecified atom stereocenters. The third-order valence-electron chi connectivity index (χ3n) is 4.03. The molecule has 1 saturated heterocycles. The predicted molar refractivity (Wildman–Crippen MR) is 61.9 cm³/mol. The summed E-state index contributed by atoms with van der Waals surface area (Å²) in [5.74, 6) is 0.737. The number of carbonyl (C=O) groups excluding carboxylic acids is 2. The van der Waals surface area contributed by atoms with Crippen molar-refractivity contribution < 1.29 is 9.59 Å². The third kappa shape index (κ3) is 1.87. The fourth-order valence-corrected chi connectivity index (χ4v) is 3.25. The molecule has 1 aliphatic heterocycles. The Bertz CT molecular complexity index is 288. The zero-order valence-corrected chi connectivity index (χ0v) is 10.2. The van der Waals surface area contributed by atoms with Crippen LogP contribution in [0.4, 0.5) is 0 Å². The van der Waals surface area contributed by atoms with Crippen LogP contribution in [0.1, 0.15) is 46.0 Å². The van der Waals surface area contributed by atoms with Crippen LogP contribution in [0.25, 0.3) is 0 Å². The molecule has 2 rings (SSSR count). The minimum atomic E-state index is -0.150. The highest BCUT2D eigenvalue weighted by molar-refractivity contribution is 5.82. The van der Waals surface area contributed by atoms with Gasteiger partial charge in [0.1, 0.15) is 6.29 Å². The largest absolute Gasteiger partial charge is 0.329 e. The third-order valence-corrected chi connectivity index (χ3v) is 4.03. The van der Waals surface area contributed by atoms with Gasteiger partial charge in [-0.2, -0.15) is 0 Å². The molecule has 0 aromatic heterocycles. The Hall–Kier alpha value is -0.860. The van der Waals surface area contributed by atoms with Crippen LogP contribution in [0.5, 0.6) is 0 Å². The molecule has 0 spiro atoms. The molecule has 3 atom stereocenters. The molecule has 2 aliphatic rings. The van der Waals surface area contributed by atoms with Crippen LogP contribution < -0.4 is 0 Å². The lowest BCUT2D eigenvalue weighted by molar-refractivity contribution is -0.140. The summed E-state index contributed by atoms with van der Waals surface area (Å²) in [5, 5.41) is 0. The van der Waals surface area contributed by atoms with E-state index in [9.17, 15) is 9.59 Å². The number of fused-ring (bicyclic) bond motifs is 1. The topological polar surface area (TPSA) is 37.4 Å². The Labute approximate surface area is 97.2 Å². The Morgan fingerprint density at radius 1 is 1.31 bits per heavy atom. The van der Waals surface area contributed by atoms with Crippen molar-refractivity contribution in [2.75, 3.05) is 0 Å². The molecule has 1 amide bonds. The van der Waals surface area contributed by atoms with Gasteiger partial charge in [0.05, 0.1) is 6.04 Å². The van der Waals surface area contributed by atoms with Crippen LogP contribution in [-0.2, 0) is 9.59 Å². The summed E-state index contributed by atoms with van der Waals surface area (Å²) in [5.41, 5.74) is 0. The van der Waals surface area contributed by atoms with Crippen molar-refractivity contribution in [2.24, 2.45) is 11.8 Å². The first-order chi connectivity index (χ1) is 7.65. The van der Waals surface area contributed by atoms with E-state index in [2.05, 4.69) is 0 Å². The summed E-state index contributed by atoms with van der Waals surface area (Å²) in [6.07, 6.45) is 6.61. The van der Waals surface area contributed by atoms with Gasteiger partial charge in [-0.15, -0.1) is 0 Å². The Morgan fingerprint density at radius 3 is 2.62 bits per heavy atom. The Kier molecular flexibility index (Phi) is 3.31. The Morgan fingerprint density at radius 2 is 2.00 bits per heavy atom. The van der Waals surface area contributed by atoms with Gasteiger partial charge in [-0.05, 0) is 25.2 Å². The van der Waals surface area contributed by atoms with E-state index in [1.165, 1.54) is 19.3 Å². The molecule has 0 bridgehead atoms. The molecule has 16 heavy (non-hydrogen) atoms. The van der Waals surface area contributed by atoms with Crippen molar-refractivity contribution in [3.8, 4) is 0 Å². The number of likely N-dealkylation sites (tertiary alicyclic amines) is 1. The summed E-state index contributed by atoms with van der Waals surface area (Å²) in [7, 11) is 0. The molecule has 1 saturated carbocycles. The lowest BCUT2D eigenvalue weighted by Gasteiger charge is -2.33. The maximum atomic E-state index is 12.1. The van der Waals surface area contributed by atoms with Gasteiger partial charge in [0.25, 0.3) is 0 Å². The van der Waals surface area contributed by atoms with Crippen LogP contribution in [0, 0.1) is 11.8 Å². The van der Waals surface area contributed by atoms with Gasteiger partial charge in [0, 0.05) is 12.0 Å². The molecule has 3 heteroatoms. The van der Waals surface area contributed by atoms with E-state index in [4.69, 9.17) is 0 Å². The lowest BCUT2D eigenvalue weighted by Crippen LogP contribution is -2.45. The maximum Gasteiger partial charge on any atom is 0.225 e. The molecule has 0 N–H and O–H groups in total. The van der Waals surface area contributed by atoms with Gasteiger partial charge in [-0.25, -0.2) is 0 Å². The fourth-order valence-electron chi connectivity index (χ4n) is 3.25. The number of carbonyl (C=O) groups is 2. The van der Waals surface area contributed by atoms with Crippen LogP contribution in [0.3, 0.4) is 0 Å². The van der Waals surface area contributed by atoms with Crippen LogP contribution in [0.2, 0.25) is 0 Å². The summed E-state index contributed by atoms with van der Waals surface area (Å²) in [6, 6.07) is 0.196. The van der Waals surface area contributed by atoms with Gasteiger partial charge < -0.3 is 9.69 Å². The number of hydrogen-bond acceptors (Lipinski definition) is 2. The van der Waals surface area contributed by atoms with E-state index in [0.29, 0.717) is 12.0 Å². The number of nitrogens with zero attached hydrogens (tertiary/aromatic N) is 1. The quantitative estimate of drug-likeness (QED) is 0.671. The molecule has 1 heterocycles. The van der Waals surface area contributed by atoms with Gasteiger partial charge in [0.15, 0.2) is 0 Å². The van der Waals surface area contributed by atoms with Crippen molar-refractivity contribution in [1.29, 1.82) is 0 Å². The molecule has 0 aromatic rings. The summed E-state index contributed by atoms with van der Waals surface area (Å²) >= 11 is 0. The van der Waals surface area contributed by atoms with E-state index in [0.717, 1.165) is 19.1 Å². The predicted octanol–water partition coefficient (Wildman–Crippen LogP) is 2.00. The number of aldehydes is 1. The lowest BCUT2D eigenvalue weighted by atomic mass is 9.84.